The van der Waals surface area contributed by atoms with Gasteiger partial charge in [0.05, 0.1) is 12.2 Å². The lowest BCUT2D eigenvalue weighted by atomic mass is 9.86. The van der Waals surface area contributed by atoms with E-state index in [1.807, 2.05) is 12.1 Å². The van der Waals surface area contributed by atoms with Crippen molar-refractivity contribution in [2.24, 2.45) is 0 Å². The molecule has 0 unspecified atom stereocenters. The van der Waals surface area contributed by atoms with Gasteiger partial charge in [-0.2, -0.15) is 0 Å². The van der Waals surface area contributed by atoms with E-state index in [-0.39, 0.29) is 6.10 Å². The van der Waals surface area contributed by atoms with E-state index in [4.69, 9.17) is 16.3 Å². The Morgan fingerprint density at radius 2 is 1.86 bits per heavy atom. The molecular weight excluding hydrogens is 376 g/mol. The minimum Gasteiger partial charge on any atom is -0.460 e. The second kappa shape index (κ2) is 7.48. The first-order valence-electron chi connectivity index (χ1n) is 9.65. The number of hydrogen-bond acceptors (Lipinski definition) is 6. The van der Waals surface area contributed by atoms with Crippen LogP contribution in [0.3, 0.4) is 0 Å². The van der Waals surface area contributed by atoms with Gasteiger partial charge in [-0.3, -0.25) is 4.57 Å². The normalized spacial score (nSPS) is 21.5. The predicted octanol–water partition coefficient (Wildman–Crippen LogP) is 3.42. The third kappa shape index (κ3) is 3.36. The molecule has 1 aliphatic heterocycles. The first-order chi connectivity index (χ1) is 13.8. The van der Waals surface area contributed by atoms with Crippen molar-refractivity contribution in [3.63, 3.8) is 0 Å². The number of nitrogens with zero attached hydrogens (tertiary/aromatic N) is 5. The Bertz CT molecular complexity index is 968. The molecule has 1 N–H and O–H groups in total. The highest BCUT2D eigenvalue weighted by Crippen LogP contribution is 2.36. The van der Waals surface area contributed by atoms with Gasteiger partial charge in [-0.05, 0) is 55.5 Å². The van der Waals surface area contributed by atoms with E-state index in [1.54, 1.807) is 18.5 Å². The van der Waals surface area contributed by atoms with E-state index in [0.29, 0.717) is 18.5 Å². The van der Waals surface area contributed by atoms with E-state index >= 15 is 0 Å². The van der Waals surface area contributed by atoms with Crippen LogP contribution in [0.1, 0.15) is 48.8 Å². The van der Waals surface area contributed by atoms with Crippen LogP contribution in [0.15, 0.2) is 36.7 Å². The maximum Gasteiger partial charge on any atom is 0.316 e. The van der Waals surface area contributed by atoms with Crippen molar-refractivity contribution < 1.29 is 4.74 Å². The van der Waals surface area contributed by atoms with E-state index in [1.165, 1.54) is 5.56 Å². The molecule has 1 fully saturated rings. The Labute approximate surface area is 168 Å². The number of aromatic nitrogens is 5. The number of halogens is 1. The molecule has 1 aromatic carbocycles. The third-order valence-corrected chi connectivity index (χ3v) is 5.72. The summed E-state index contributed by atoms with van der Waals surface area (Å²) in [5.74, 6) is 2.35. The summed E-state index contributed by atoms with van der Waals surface area (Å²) >= 11 is 6.21. The quantitative estimate of drug-likeness (QED) is 0.730. The van der Waals surface area contributed by atoms with Gasteiger partial charge in [-0.25, -0.2) is 9.97 Å². The zero-order valence-electron chi connectivity index (χ0n) is 15.4. The van der Waals surface area contributed by atoms with Crippen molar-refractivity contribution in [2.75, 3.05) is 0 Å². The summed E-state index contributed by atoms with van der Waals surface area (Å²) in [5, 5.41) is 13.2. The average molecular weight is 397 g/mol. The van der Waals surface area contributed by atoms with Gasteiger partial charge in [0.25, 0.3) is 0 Å². The van der Waals surface area contributed by atoms with Crippen LogP contribution in [0.5, 0.6) is 6.01 Å². The van der Waals surface area contributed by atoms with Gasteiger partial charge in [-0.1, -0.05) is 11.6 Å². The Morgan fingerprint density at radius 1 is 1.04 bits per heavy atom. The van der Waals surface area contributed by atoms with Crippen LogP contribution < -0.4 is 10.1 Å². The SMILES string of the molecule is Clc1ccc2c(c1)CNCc1nnc([C@H]3CC[C@H](Oc4ncccn4)CC3)n1-2. The predicted molar refractivity (Wildman–Crippen MR) is 105 cm³/mol. The number of benzene rings is 1. The van der Waals surface area contributed by atoms with Crippen LogP contribution in [0, 0.1) is 0 Å². The molecule has 3 heterocycles. The molecule has 2 aliphatic rings. The standard InChI is InChI=1S/C20H21ClN6O/c21-15-4-7-17-14(10-15)11-22-12-18-25-26-19(27(17)18)13-2-5-16(6-3-13)28-20-23-8-1-9-24-20/h1,4,7-10,13,16,22H,2-3,5-6,11-12H2/t13-,16-. The smallest absolute Gasteiger partial charge is 0.316 e. The van der Waals surface area contributed by atoms with Gasteiger partial charge in [0.1, 0.15) is 11.9 Å². The molecule has 3 aromatic rings. The fourth-order valence-electron chi connectivity index (χ4n) is 4.13. The zero-order valence-corrected chi connectivity index (χ0v) is 16.1. The maximum absolute atomic E-state index is 6.21. The molecule has 28 heavy (non-hydrogen) atoms. The van der Waals surface area contributed by atoms with Crippen LogP contribution in [-0.4, -0.2) is 30.8 Å². The number of rotatable bonds is 3. The molecule has 8 heteroatoms. The molecule has 0 amide bonds. The molecule has 144 valence electrons. The molecule has 7 nitrogen and oxygen atoms in total. The Kier molecular flexibility index (Phi) is 4.70. The van der Waals surface area contributed by atoms with Crippen molar-refractivity contribution in [3.8, 4) is 11.7 Å². The maximum atomic E-state index is 6.21. The molecule has 1 saturated carbocycles. The van der Waals surface area contributed by atoms with Crippen LogP contribution in [0.2, 0.25) is 5.02 Å². The summed E-state index contributed by atoms with van der Waals surface area (Å²) in [6.45, 7) is 1.47. The third-order valence-electron chi connectivity index (χ3n) is 5.49. The first-order valence-corrected chi connectivity index (χ1v) is 10.0. The summed E-state index contributed by atoms with van der Waals surface area (Å²) in [6, 6.07) is 8.28. The molecule has 0 spiro atoms. The van der Waals surface area contributed by atoms with Crippen LogP contribution >= 0.6 is 11.6 Å². The van der Waals surface area contributed by atoms with Gasteiger partial charge in [-0.15, -0.1) is 10.2 Å². The van der Waals surface area contributed by atoms with E-state index < -0.39 is 0 Å². The molecule has 0 atom stereocenters. The minimum atomic E-state index is 0.151. The zero-order chi connectivity index (χ0) is 18.9. The summed E-state index contributed by atoms with van der Waals surface area (Å²) in [6.07, 6.45) is 7.48. The fraction of sp³-hybridized carbons (Fsp3) is 0.400. The van der Waals surface area contributed by atoms with Gasteiger partial charge >= 0.3 is 6.01 Å². The van der Waals surface area contributed by atoms with E-state index in [2.05, 4.69) is 36.1 Å². The molecular formula is C20H21ClN6O. The highest BCUT2D eigenvalue weighted by atomic mass is 35.5. The average Bonchev–Trinajstić information content (AvgIpc) is 3.05. The summed E-state index contributed by atoms with van der Waals surface area (Å²) < 4.78 is 8.15. The Hall–Kier alpha value is -2.51. The molecule has 1 aliphatic carbocycles. The summed E-state index contributed by atoms with van der Waals surface area (Å²) in [5.41, 5.74) is 2.30. The van der Waals surface area contributed by atoms with Crippen molar-refractivity contribution >= 4 is 11.6 Å². The number of ether oxygens (including phenoxy) is 1. The number of hydrogen-bond donors (Lipinski definition) is 1. The summed E-state index contributed by atoms with van der Waals surface area (Å²) in [7, 11) is 0. The lowest BCUT2D eigenvalue weighted by molar-refractivity contribution is 0.132. The number of nitrogens with one attached hydrogen (secondary N) is 1. The van der Waals surface area contributed by atoms with E-state index in [9.17, 15) is 0 Å². The first kappa shape index (κ1) is 17.6. The van der Waals surface area contributed by atoms with Crippen molar-refractivity contribution in [1.82, 2.24) is 30.0 Å². The van der Waals surface area contributed by atoms with Gasteiger partial charge in [0.15, 0.2) is 5.82 Å². The molecule has 0 radical (unpaired) electrons. The van der Waals surface area contributed by atoms with Crippen LogP contribution in [0.25, 0.3) is 5.69 Å². The summed E-state index contributed by atoms with van der Waals surface area (Å²) in [4.78, 5) is 8.33. The number of fused-ring (bicyclic) bond motifs is 3. The fourth-order valence-corrected chi connectivity index (χ4v) is 4.32. The largest absolute Gasteiger partial charge is 0.460 e. The lowest BCUT2D eigenvalue weighted by Crippen LogP contribution is -2.25. The molecule has 0 saturated heterocycles. The Morgan fingerprint density at radius 3 is 2.68 bits per heavy atom. The second-order valence-corrected chi connectivity index (χ2v) is 7.75. The van der Waals surface area contributed by atoms with Gasteiger partial charge in [0.2, 0.25) is 0 Å². The monoisotopic (exact) mass is 396 g/mol. The highest BCUT2D eigenvalue weighted by Gasteiger charge is 2.30. The van der Waals surface area contributed by atoms with Gasteiger partial charge < -0.3 is 10.1 Å². The van der Waals surface area contributed by atoms with Crippen molar-refractivity contribution in [1.29, 1.82) is 0 Å². The van der Waals surface area contributed by atoms with E-state index in [0.717, 1.165) is 54.6 Å². The topological polar surface area (TPSA) is 77.8 Å². The second-order valence-electron chi connectivity index (χ2n) is 7.31. The molecule has 5 rings (SSSR count). The lowest BCUT2D eigenvalue weighted by Gasteiger charge is -2.28. The van der Waals surface area contributed by atoms with Crippen LogP contribution in [-0.2, 0) is 13.1 Å². The minimum absolute atomic E-state index is 0.151. The molecule has 0 bridgehead atoms. The van der Waals surface area contributed by atoms with Crippen molar-refractivity contribution in [3.05, 3.63) is 58.9 Å². The highest BCUT2D eigenvalue weighted by molar-refractivity contribution is 6.30. The van der Waals surface area contributed by atoms with Crippen molar-refractivity contribution in [2.45, 2.75) is 50.8 Å². The Balaban J connectivity index is 1.37. The molecule has 2 aromatic heterocycles. The van der Waals surface area contributed by atoms with Crippen LogP contribution in [0.4, 0.5) is 0 Å². The van der Waals surface area contributed by atoms with Gasteiger partial charge in [0, 0.05) is 29.9 Å².